The van der Waals surface area contributed by atoms with Crippen LogP contribution < -0.4 is 16.4 Å². The number of phenols is 1. The average molecular weight is 688 g/mol. The number of nitrogens with two attached hydrogens (primary N) is 1. The van der Waals surface area contributed by atoms with Gasteiger partial charge in [0.2, 0.25) is 0 Å². The highest BCUT2D eigenvalue weighted by atomic mass is 32.2. The molecule has 5 N–H and O–H groups in total. The average Bonchev–Trinajstić information content (AvgIpc) is 3.03. The van der Waals surface area contributed by atoms with Gasteiger partial charge in [-0.1, -0.05) is 63.9 Å². The molecule has 0 aliphatic rings. The number of aromatic hydroxyl groups is 1. The second-order valence-electron chi connectivity index (χ2n) is 12.0. The molecule has 0 saturated heterocycles. The van der Waals surface area contributed by atoms with Gasteiger partial charge in [-0.2, -0.15) is 0 Å². The quantitative estimate of drug-likeness (QED) is 0.129. The Morgan fingerprint density at radius 1 is 0.896 bits per heavy atom. The summed E-state index contributed by atoms with van der Waals surface area (Å²) in [7, 11) is -3.90. The maximum Gasteiger partial charge on any atom is 0.330 e. The maximum absolute atomic E-state index is 14.0. The van der Waals surface area contributed by atoms with Crippen LogP contribution in [-0.4, -0.2) is 61.1 Å². The molecule has 9 nitrogen and oxygen atoms in total. The van der Waals surface area contributed by atoms with E-state index in [1.54, 1.807) is 0 Å². The van der Waals surface area contributed by atoms with E-state index in [4.69, 9.17) is 10.5 Å². The van der Waals surface area contributed by atoms with E-state index in [0.29, 0.717) is 32.2 Å². The largest absolute Gasteiger partial charge is 0.508 e. The van der Waals surface area contributed by atoms with Crippen molar-refractivity contribution in [2.24, 2.45) is 5.73 Å². The lowest BCUT2D eigenvalue weighted by molar-refractivity contribution is -0.151. The van der Waals surface area contributed by atoms with Gasteiger partial charge in [-0.25, -0.2) is 22.0 Å². The number of halogens is 2. The summed E-state index contributed by atoms with van der Waals surface area (Å²) in [6, 6.07) is 13.8. The summed E-state index contributed by atoms with van der Waals surface area (Å²) in [6.07, 6.45) is 1.70. The molecular weight excluding hydrogens is 640 g/mol. The molecule has 0 radical (unpaired) electrons. The molecule has 0 aliphatic carbocycles. The fraction of sp³-hybridized carbons (Fsp3) is 0.444. The lowest BCUT2D eigenvalue weighted by atomic mass is 10.0. The van der Waals surface area contributed by atoms with Crippen LogP contribution in [0.2, 0.25) is 0 Å². The van der Waals surface area contributed by atoms with Gasteiger partial charge in [0.25, 0.3) is 5.91 Å². The highest BCUT2D eigenvalue weighted by Gasteiger charge is 2.35. The van der Waals surface area contributed by atoms with Crippen LogP contribution in [0.25, 0.3) is 0 Å². The minimum absolute atomic E-state index is 0.0150. The number of sulfone groups is 1. The fourth-order valence-corrected chi connectivity index (χ4v) is 7.68. The first-order chi connectivity index (χ1) is 22.8. The van der Waals surface area contributed by atoms with Gasteiger partial charge in [-0.05, 0) is 72.7 Å². The lowest BCUT2D eigenvalue weighted by Crippen LogP contribution is -2.52. The smallest absolute Gasteiger partial charge is 0.330 e. The van der Waals surface area contributed by atoms with E-state index in [9.17, 15) is 31.9 Å². The standard InChI is InChI=1S/C36H47F2N3O6S/c1-4-9-31(10-5-2)48(45,46)23-33(41-35(43)27-13-8-14-30(42)19-27)36(44)47-34(22-40-21-25-12-7-11-24(6-3)15-25)32(39)18-26-16-28(37)20-29(38)17-26/h7-8,11-17,19-20,31-34,40,42H,4-6,9-10,18,21-23,39H2,1-3H3,(H,41,43)/t32-,33+,34+/m0/s1. The van der Waals surface area contributed by atoms with Crippen molar-refractivity contribution >= 4 is 21.7 Å². The van der Waals surface area contributed by atoms with Crippen molar-refractivity contribution in [3.8, 4) is 5.75 Å². The number of esters is 1. The Kier molecular flexibility index (Phi) is 15.0. The van der Waals surface area contributed by atoms with E-state index in [2.05, 4.69) is 10.6 Å². The van der Waals surface area contributed by atoms with Crippen LogP contribution >= 0.6 is 0 Å². The molecule has 0 aliphatic heterocycles. The summed E-state index contributed by atoms with van der Waals surface area (Å²) >= 11 is 0. The molecule has 3 rings (SSSR count). The summed E-state index contributed by atoms with van der Waals surface area (Å²) in [4.78, 5) is 27.0. The zero-order chi connectivity index (χ0) is 35.3. The van der Waals surface area contributed by atoms with Crippen LogP contribution in [0.3, 0.4) is 0 Å². The van der Waals surface area contributed by atoms with E-state index >= 15 is 0 Å². The van der Waals surface area contributed by atoms with Crippen LogP contribution in [0.4, 0.5) is 8.78 Å². The SMILES string of the molecule is CCCC(CCC)S(=O)(=O)C[C@@H](NC(=O)c1cccc(O)c1)C(=O)O[C@H](CNCc1cccc(CC)c1)[C@@H](N)Cc1cc(F)cc(F)c1. The Balaban J connectivity index is 1.90. The highest BCUT2D eigenvalue weighted by Crippen LogP contribution is 2.19. The van der Waals surface area contributed by atoms with Gasteiger partial charge in [-0.15, -0.1) is 0 Å². The van der Waals surface area contributed by atoms with E-state index in [1.807, 2.05) is 45.0 Å². The van der Waals surface area contributed by atoms with Gasteiger partial charge in [0.05, 0.1) is 11.0 Å². The summed E-state index contributed by atoms with van der Waals surface area (Å²) in [5, 5.41) is 14.9. The number of hydrogen-bond donors (Lipinski definition) is 4. The number of hydrogen-bond acceptors (Lipinski definition) is 8. The summed E-state index contributed by atoms with van der Waals surface area (Å²) in [5.41, 5.74) is 8.86. The molecule has 0 fully saturated rings. The summed E-state index contributed by atoms with van der Waals surface area (Å²) in [5.74, 6) is -4.28. The molecular formula is C36H47F2N3O6S. The number of nitrogens with one attached hydrogen (secondary N) is 2. The molecule has 3 atom stereocenters. The van der Waals surface area contributed by atoms with Crippen LogP contribution in [0.1, 0.15) is 73.5 Å². The topological polar surface area (TPSA) is 148 Å². The first kappa shape index (κ1) is 38.6. The summed E-state index contributed by atoms with van der Waals surface area (Å²) < 4.78 is 61.0. The predicted molar refractivity (Wildman–Crippen MR) is 182 cm³/mol. The minimum atomic E-state index is -3.90. The Morgan fingerprint density at radius 2 is 1.54 bits per heavy atom. The van der Waals surface area contributed by atoms with E-state index < -0.39 is 62.5 Å². The molecule has 3 aromatic carbocycles. The third-order valence-electron chi connectivity index (χ3n) is 8.04. The number of phenolic OH excluding ortho intramolecular Hbond substituents is 1. The van der Waals surface area contributed by atoms with Gasteiger partial charge < -0.3 is 26.2 Å². The van der Waals surface area contributed by atoms with Crippen molar-refractivity contribution in [3.05, 3.63) is 101 Å². The number of ether oxygens (including phenoxy) is 1. The summed E-state index contributed by atoms with van der Waals surface area (Å²) in [6.45, 7) is 6.20. The van der Waals surface area contributed by atoms with Crippen LogP contribution in [0.15, 0.2) is 66.7 Å². The van der Waals surface area contributed by atoms with E-state index in [-0.39, 0.29) is 29.8 Å². The molecule has 48 heavy (non-hydrogen) atoms. The first-order valence-corrected chi connectivity index (χ1v) is 18.1. The Hall–Kier alpha value is -3.87. The number of aryl methyl sites for hydroxylation is 1. The second kappa shape index (κ2) is 18.6. The molecule has 1 amide bonds. The number of benzene rings is 3. The number of carbonyl (C=O) groups excluding carboxylic acids is 2. The number of carbonyl (C=O) groups is 2. The Labute approximate surface area is 282 Å². The van der Waals surface area contributed by atoms with Crippen molar-refractivity contribution in [1.82, 2.24) is 10.6 Å². The third kappa shape index (κ3) is 12.0. The minimum Gasteiger partial charge on any atom is -0.508 e. The number of rotatable bonds is 19. The van der Waals surface area contributed by atoms with E-state index in [1.165, 1.54) is 24.3 Å². The fourth-order valence-electron chi connectivity index (χ4n) is 5.54. The molecule has 0 unspecified atom stereocenters. The van der Waals surface area contributed by atoms with Gasteiger partial charge in [0.1, 0.15) is 29.5 Å². The molecule has 3 aromatic rings. The van der Waals surface area contributed by atoms with Crippen LogP contribution in [0.5, 0.6) is 5.75 Å². The Morgan fingerprint density at radius 3 is 2.17 bits per heavy atom. The first-order valence-electron chi connectivity index (χ1n) is 16.4. The highest BCUT2D eigenvalue weighted by molar-refractivity contribution is 7.92. The molecule has 0 spiro atoms. The van der Waals surface area contributed by atoms with Crippen molar-refractivity contribution < 1.29 is 36.6 Å². The zero-order valence-electron chi connectivity index (χ0n) is 27.8. The van der Waals surface area contributed by atoms with E-state index in [0.717, 1.165) is 35.7 Å². The molecule has 0 heterocycles. The molecule has 12 heteroatoms. The van der Waals surface area contributed by atoms with Crippen molar-refractivity contribution in [2.45, 2.75) is 89.3 Å². The lowest BCUT2D eigenvalue weighted by Gasteiger charge is -2.28. The van der Waals surface area contributed by atoms with Crippen molar-refractivity contribution in [3.63, 3.8) is 0 Å². The van der Waals surface area contributed by atoms with Gasteiger partial charge in [0.15, 0.2) is 9.84 Å². The van der Waals surface area contributed by atoms with Crippen LogP contribution in [-0.2, 0) is 38.8 Å². The van der Waals surface area contributed by atoms with Crippen LogP contribution in [0, 0.1) is 11.6 Å². The normalized spacial score (nSPS) is 13.6. The van der Waals surface area contributed by atoms with Crippen molar-refractivity contribution in [1.29, 1.82) is 0 Å². The maximum atomic E-state index is 14.0. The number of amides is 1. The zero-order valence-corrected chi connectivity index (χ0v) is 28.6. The van der Waals surface area contributed by atoms with Gasteiger partial charge in [-0.3, -0.25) is 4.79 Å². The second-order valence-corrected chi connectivity index (χ2v) is 14.4. The Bertz CT molecular complexity index is 1590. The third-order valence-corrected chi connectivity index (χ3v) is 10.3. The molecule has 262 valence electrons. The van der Waals surface area contributed by atoms with Gasteiger partial charge in [0, 0.05) is 30.8 Å². The molecule has 0 bridgehead atoms. The molecule has 0 aromatic heterocycles. The van der Waals surface area contributed by atoms with Gasteiger partial charge >= 0.3 is 5.97 Å². The predicted octanol–water partition coefficient (Wildman–Crippen LogP) is 4.99. The monoisotopic (exact) mass is 687 g/mol. The van der Waals surface area contributed by atoms with Crippen molar-refractivity contribution in [2.75, 3.05) is 12.3 Å². The molecule has 0 saturated carbocycles.